The summed E-state index contributed by atoms with van der Waals surface area (Å²) in [6.45, 7) is 5.86. The summed E-state index contributed by atoms with van der Waals surface area (Å²) in [6, 6.07) is 9.35. The minimum Gasteiger partial charge on any atom is -0.441 e. The quantitative estimate of drug-likeness (QED) is 0.559. The van der Waals surface area contributed by atoms with E-state index in [1.54, 1.807) is 20.2 Å². The van der Waals surface area contributed by atoms with Gasteiger partial charge >= 0.3 is 0 Å². The number of aromatic nitrogens is 1. The van der Waals surface area contributed by atoms with E-state index in [9.17, 15) is 13.6 Å². The number of carbonyl (C=O) groups is 1. The first-order valence-corrected chi connectivity index (χ1v) is 9.49. The second kappa shape index (κ2) is 8.55. The van der Waals surface area contributed by atoms with Crippen molar-refractivity contribution in [3.63, 3.8) is 0 Å². The minimum absolute atomic E-state index is 0.131. The Balaban J connectivity index is 1.62. The lowest BCUT2D eigenvalue weighted by Gasteiger charge is -2.25. The van der Waals surface area contributed by atoms with Crippen LogP contribution < -0.4 is 0 Å². The highest BCUT2D eigenvalue weighted by molar-refractivity contribution is 5.76. The Labute approximate surface area is 169 Å². The van der Waals surface area contributed by atoms with Crippen LogP contribution in [0.3, 0.4) is 0 Å². The predicted molar refractivity (Wildman–Crippen MR) is 107 cm³/mol. The molecule has 6 heteroatoms. The van der Waals surface area contributed by atoms with Crippen LogP contribution in [0, 0.1) is 25.5 Å². The molecule has 1 amide bonds. The van der Waals surface area contributed by atoms with Gasteiger partial charge in [-0.2, -0.15) is 0 Å². The molecule has 3 aromatic rings. The van der Waals surface area contributed by atoms with Gasteiger partial charge < -0.3 is 9.32 Å². The number of oxazole rings is 1. The van der Waals surface area contributed by atoms with Gasteiger partial charge in [0.2, 0.25) is 5.91 Å². The molecule has 0 saturated heterocycles. The van der Waals surface area contributed by atoms with E-state index < -0.39 is 11.6 Å². The van der Waals surface area contributed by atoms with Crippen molar-refractivity contribution in [1.29, 1.82) is 0 Å². The Morgan fingerprint density at radius 2 is 1.86 bits per heavy atom. The van der Waals surface area contributed by atoms with Gasteiger partial charge in [0, 0.05) is 25.5 Å². The number of benzene rings is 2. The number of amides is 1. The highest BCUT2D eigenvalue weighted by Crippen LogP contribution is 2.24. The van der Waals surface area contributed by atoms with Crippen molar-refractivity contribution in [2.45, 2.75) is 39.7 Å². The standard InChI is InChI=1S/C23H24F2N2O2/c1-14-5-6-18(11-15(14)2)21-13-26-22(29-21)9-10-23(28)27(4)16(3)17-7-8-19(24)20(25)12-17/h5-8,11-13,16H,9-10H2,1-4H3/t16-/m1/s1. The fourth-order valence-electron chi connectivity index (χ4n) is 3.06. The Kier molecular flexibility index (Phi) is 6.11. The van der Waals surface area contributed by atoms with Crippen LogP contribution in [-0.4, -0.2) is 22.8 Å². The minimum atomic E-state index is -0.922. The average Bonchev–Trinajstić information content (AvgIpc) is 3.18. The van der Waals surface area contributed by atoms with Crippen LogP contribution >= 0.6 is 0 Å². The van der Waals surface area contributed by atoms with Crippen LogP contribution in [0.2, 0.25) is 0 Å². The van der Waals surface area contributed by atoms with Gasteiger partial charge in [0.25, 0.3) is 0 Å². The molecular formula is C23H24F2N2O2. The Morgan fingerprint density at radius 1 is 1.10 bits per heavy atom. The van der Waals surface area contributed by atoms with Crippen LogP contribution in [0.25, 0.3) is 11.3 Å². The molecule has 0 spiro atoms. The maximum absolute atomic E-state index is 13.5. The lowest BCUT2D eigenvalue weighted by molar-refractivity contribution is -0.131. The normalized spacial score (nSPS) is 12.1. The fraction of sp³-hybridized carbons (Fsp3) is 0.304. The molecule has 0 aliphatic rings. The number of hydrogen-bond acceptors (Lipinski definition) is 3. The van der Waals surface area contributed by atoms with Crippen LogP contribution in [-0.2, 0) is 11.2 Å². The van der Waals surface area contributed by atoms with Crippen LogP contribution in [0.1, 0.15) is 42.0 Å². The van der Waals surface area contributed by atoms with Gasteiger partial charge in [-0.15, -0.1) is 0 Å². The lowest BCUT2D eigenvalue weighted by Crippen LogP contribution is -2.30. The van der Waals surface area contributed by atoms with E-state index in [-0.39, 0.29) is 18.4 Å². The highest BCUT2D eigenvalue weighted by Gasteiger charge is 2.19. The molecule has 0 aliphatic carbocycles. The van der Waals surface area contributed by atoms with Gasteiger partial charge in [-0.3, -0.25) is 4.79 Å². The number of halogens is 2. The molecular weight excluding hydrogens is 374 g/mol. The van der Waals surface area contributed by atoms with E-state index in [4.69, 9.17) is 4.42 Å². The molecule has 0 fully saturated rings. The molecule has 0 N–H and O–H groups in total. The third-order valence-electron chi connectivity index (χ3n) is 5.30. The largest absolute Gasteiger partial charge is 0.441 e. The molecule has 2 aromatic carbocycles. The zero-order chi connectivity index (χ0) is 21.1. The van der Waals surface area contributed by atoms with Gasteiger partial charge in [0.15, 0.2) is 23.3 Å². The molecule has 1 aromatic heterocycles. The number of carbonyl (C=O) groups excluding carboxylic acids is 1. The van der Waals surface area contributed by atoms with Crippen molar-refractivity contribution in [2.75, 3.05) is 7.05 Å². The SMILES string of the molecule is Cc1ccc(-c2cnc(CCC(=O)N(C)[C@H](C)c3ccc(F)c(F)c3)o2)cc1C. The molecule has 1 atom stereocenters. The zero-order valence-electron chi connectivity index (χ0n) is 17.0. The van der Waals surface area contributed by atoms with Crippen molar-refractivity contribution in [1.82, 2.24) is 9.88 Å². The second-order valence-electron chi connectivity index (χ2n) is 7.27. The van der Waals surface area contributed by atoms with Crippen LogP contribution in [0.5, 0.6) is 0 Å². The fourth-order valence-corrected chi connectivity index (χ4v) is 3.06. The third-order valence-corrected chi connectivity index (χ3v) is 5.30. The van der Waals surface area contributed by atoms with Gasteiger partial charge in [-0.25, -0.2) is 13.8 Å². The second-order valence-corrected chi connectivity index (χ2v) is 7.27. The third kappa shape index (κ3) is 4.70. The summed E-state index contributed by atoms with van der Waals surface area (Å²) in [7, 11) is 1.64. The Morgan fingerprint density at radius 3 is 2.55 bits per heavy atom. The summed E-state index contributed by atoms with van der Waals surface area (Å²) in [4.78, 5) is 18.3. The topological polar surface area (TPSA) is 46.3 Å². The molecule has 0 unspecified atom stereocenters. The van der Waals surface area contributed by atoms with Crippen molar-refractivity contribution < 1.29 is 18.0 Å². The predicted octanol–water partition coefficient (Wildman–Crippen LogP) is 5.39. The molecule has 152 valence electrons. The zero-order valence-corrected chi connectivity index (χ0v) is 17.0. The van der Waals surface area contributed by atoms with Crippen molar-refractivity contribution in [2.24, 2.45) is 0 Å². The van der Waals surface area contributed by atoms with E-state index in [1.165, 1.54) is 22.1 Å². The molecule has 4 nitrogen and oxygen atoms in total. The van der Waals surface area contributed by atoms with E-state index in [0.717, 1.165) is 17.7 Å². The Bertz CT molecular complexity index is 1030. The molecule has 0 bridgehead atoms. The molecule has 0 saturated carbocycles. The molecule has 1 heterocycles. The van der Waals surface area contributed by atoms with Crippen LogP contribution in [0.15, 0.2) is 47.0 Å². The maximum atomic E-state index is 13.5. The first-order chi connectivity index (χ1) is 13.8. The lowest BCUT2D eigenvalue weighted by atomic mass is 10.1. The van der Waals surface area contributed by atoms with Gasteiger partial charge in [0.1, 0.15) is 0 Å². The number of rotatable bonds is 6. The summed E-state index contributed by atoms with van der Waals surface area (Å²) in [5.41, 5.74) is 3.86. The molecule has 0 aliphatic heterocycles. The van der Waals surface area contributed by atoms with E-state index >= 15 is 0 Å². The Hall–Kier alpha value is -3.02. The smallest absolute Gasteiger partial charge is 0.223 e. The summed E-state index contributed by atoms with van der Waals surface area (Å²) in [6.07, 6.45) is 2.23. The summed E-state index contributed by atoms with van der Waals surface area (Å²) >= 11 is 0. The van der Waals surface area contributed by atoms with E-state index in [1.807, 2.05) is 32.0 Å². The van der Waals surface area contributed by atoms with Crippen molar-refractivity contribution in [3.05, 3.63) is 76.8 Å². The summed E-state index contributed by atoms with van der Waals surface area (Å²) < 4.78 is 32.4. The van der Waals surface area contributed by atoms with Crippen molar-refractivity contribution in [3.8, 4) is 11.3 Å². The highest BCUT2D eigenvalue weighted by atomic mass is 19.2. The summed E-state index contributed by atoms with van der Waals surface area (Å²) in [5.74, 6) is -0.806. The molecule has 0 radical (unpaired) electrons. The van der Waals surface area contributed by atoms with Gasteiger partial charge in [0.05, 0.1) is 12.2 Å². The number of aryl methyl sites for hydroxylation is 3. The molecule has 29 heavy (non-hydrogen) atoms. The number of nitrogens with zero attached hydrogens (tertiary/aromatic N) is 2. The first-order valence-electron chi connectivity index (χ1n) is 9.49. The number of hydrogen-bond donors (Lipinski definition) is 0. The van der Waals surface area contributed by atoms with Crippen LogP contribution in [0.4, 0.5) is 8.78 Å². The van der Waals surface area contributed by atoms with E-state index in [0.29, 0.717) is 23.6 Å². The monoisotopic (exact) mass is 398 g/mol. The average molecular weight is 398 g/mol. The summed E-state index contributed by atoms with van der Waals surface area (Å²) in [5, 5.41) is 0. The van der Waals surface area contributed by atoms with Crippen molar-refractivity contribution >= 4 is 5.91 Å². The molecule has 3 rings (SSSR count). The van der Waals surface area contributed by atoms with Gasteiger partial charge in [-0.05, 0) is 55.7 Å². The maximum Gasteiger partial charge on any atom is 0.223 e. The van der Waals surface area contributed by atoms with Gasteiger partial charge in [-0.1, -0.05) is 18.2 Å². The van der Waals surface area contributed by atoms with E-state index in [2.05, 4.69) is 4.98 Å². The first kappa shape index (κ1) is 20.7.